The van der Waals surface area contributed by atoms with Crippen LogP contribution in [0.25, 0.3) is 0 Å². The Bertz CT molecular complexity index is 320. The number of unbranched alkanes of at least 4 members (excludes halogenated alkanes) is 8. The summed E-state index contributed by atoms with van der Waals surface area (Å²) in [5.41, 5.74) is 0. The molecule has 0 aliphatic heterocycles. The molecule has 0 saturated heterocycles. The van der Waals surface area contributed by atoms with Crippen molar-refractivity contribution in [3.05, 3.63) is 0 Å². The first kappa shape index (κ1) is 21.9. The lowest BCUT2D eigenvalue weighted by atomic mass is 10.1. The van der Waals surface area contributed by atoms with Gasteiger partial charge in [-0.25, -0.2) is 0 Å². The van der Waals surface area contributed by atoms with E-state index in [1.807, 2.05) is 0 Å². The molecular formula is C19H35NO3. The molecule has 0 amide bonds. The van der Waals surface area contributed by atoms with Crippen LogP contribution in [0.2, 0.25) is 0 Å². The number of rotatable bonds is 15. The van der Waals surface area contributed by atoms with Gasteiger partial charge in [0.25, 0.3) is 0 Å². The summed E-state index contributed by atoms with van der Waals surface area (Å²) in [5.74, 6) is 5.84. The number of ether oxygens (including phenoxy) is 1. The Morgan fingerprint density at radius 2 is 1.70 bits per heavy atom. The van der Waals surface area contributed by atoms with Gasteiger partial charge in [-0.3, -0.25) is 4.79 Å². The maximum atomic E-state index is 11.5. The van der Waals surface area contributed by atoms with Gasteiger partial charge in [0.05, 0.1) is 6.61 Å². The second kappa shape index (κ2) is 19.0. The van der Waals surface area contributed by atoms with Crippen LogP contribution in [-0.2, 0) is 9.53 Å². The minimum atomic E-state index is -0.130. The van der Waals surface area contributed by atoms with Gasteiger partial charge in [0.15, 0.2) is 6.61 Å². The lowest BCUT2D eigenvalue weighted by molar-refractivity contribution is -0.142. The van der Waals surface area contributed by atoms with Crippen molar-refractivity contribution < 1.29 is 14.6 Å². The summed E-state index contributed by atoms with van der Waals surface area (Å²) in [6.07, 6.45) is 11.7. The molecule has 0 aliphatic carbocycles. The molecule has 0 bridgehead atoms. The fraction of sp³-hybridized carbons (Fsp3) is 0.842. The fourth-order valence-electron chi connectivity index (χ4n) is 2.22. The predicted molar refractivity (Wildman–Crippen MR) is 95.2 cm³/mol. The highest BCUT2D eigenvalue weighted by molar-refractivity contribution is 5.69. The predicted octanol–water partition coefficient (Wildman–Crippen LogP) is 3.43. The fourth-order valence-corrected chi connectivity index (χ4v) is 2.22. The Hall–Kier alpha value is -1.05. The summed E-state index contributed by atoms with van der Waals surface area (Å²) in [4.78, 5) is 11.5. The molecule has 4 heteroatoms. The molecule has 0 spiro atoms. The van der Waals surface area contributed by atoms with E-state index in [1.165, 1.54) is 19.3 Å². The van der Waals surface area contributed by atoms with Crippen LogP contribution >= 0.6 is 0 Å². The van der Waals surface area contributed by atoms with Crippen molar-refractivity contribution in [2.75, 3.05) is 26.3 Å². The zero-order chi connectivity index (χ0) is 17.0. The monoisotopic (exact) mass is 325 g/mol. The van der Waals surface area contributed by atoms with E-state index in [-0.39, 0.29) is 19.2 Å². The number of hydrogen-bond acceptors (Lipinski definition) is 4. The number of carbonyl (C=O) groups is 1. The van der Waals surface area contributed by atoms with Gasteiger partial charge in [-0.1, -0.05) is 57.3 Å². The lowest BCUT2D eigenvalue weighted by Gasteiger charge is -2.03. The zero-order valence-corrected chi connectivity index (χ0v) is 14.9. The largest absolute Gasteiger partial charge is 0.452 e. The smallest absolute Gasteiger partial charge is 0.306 e. The maximum Gasteiger partial charge on any atom is 0.306 e. The average Bonchev–Trinajstić information content (AvgIpc) is 2.56. The molecule has 0 atom stereocenters. The van der Waals surface area contributed by atoms with Crippen LogP contribution < -0.4 is 5.32 Å². The van der Waals surface area contributed by atoms with Crippen LogP contribution in [0.4, 0.5) is 0 Å². The zero-order valence-electron chi connectivity index (χ0n) is 14.9. The first-order valence-electron chi connectivity index (χ1n) is 9.24. The summed E-state index contributed by atoms with van der Waals surface area (Å²) in [6, 6.07) is 0. The van der Waals surface area contributed by atoms with Crippen LogP contribution in [0, 0.1) is 11.8 Å². The highest BCUT2D eigenvalue weighted by Crippen LogP contribution is 2.06. The summed E-state index contributed by atoms with van der Waals surface area (Å²) in [7, 11) is 0. The molecule has 23 heavy (non-hydrogen) atoms. The molecule has 2 N–H and O–H groups in total. The van der Waals surface area contributed by atoms with Crippen molar-refractivity contribution in [2.45, 2.75) is 77.6 Å². The minimum Gasteiger partial charge on any atom is -0.452 e. The van der Waals surface area contributed by atoms with E-state index in [0.29, 0.717) is 13.0 Å². The van der Waals surface area contributed by atoms with E-state index in [4.69, 9.17) is 9.84 Å². The highest BCUT2D eigenvalue weighted by Gasteiger charge is 2.01. The van der Waals surface area contributed by atoms with E-state index >= 15 is 0 Å². The summed E-state index contributed by atoms with van der Waals surface area (Å²) in [6.45, 7) is 4.27. The van der Waals surface area contributed by atoms with Gasteiger partial charge in [-0.05, 0) is 25.8 Å². The van der Waals surface area contributed by atoms with Gasteiger partial charge < -0.3 is 15.2 Å². The molecule has 0 aromatic rings. The van der Waals surface area contributed by atoms with Crippen molar-refractivity contribution in [3.63, 3.8) is 0 Å². The van der Waals surface area contributed by atoms with Crippen molar-refractivity contribution in [1.29, 1.82) is 0 Å². The molecule has 0 rings (SSSR count). The molecular weight excluding hydrogens is 290 g/mol. The van der Waals surface area contributed by atoms with Crippen LogP contribution in [0.1, 0.15) is 77.6 Å². The first-order chi connectivity index (χ1) is 11.3. The molecule has 4 nitrogen and oxygen atoms in total. The van der Waals surface area contributed by atoms with Gasteiger partial charge in [-0.2, -0.15) is 0 Å². The van der Waals surface area contributed by atoms with Crippen LogP contribution in [0.15, 0.2) is 0 Å². The van der Waals surface area contributed by atoms with Crippen molar-refractivity contribution in [2.24, 2.45) is 0 Å². The molecule has 0 aromatic carbocycles. The average molecular weight is 325 g/mol. The Morgan fingerprint density at radius 1 is 0.957 bits per heavy atom. The molecule has 0 saturated carbocycles. The molecule has 0 radical (unpaired) electrons. The third kappa shape index (κ3) is 18.9. The van der Waals surface area contributed by atoms with Gasteiger partial charge in [0, 0.05) is 19.4 Å². The third-order valence-electron chi connectivity index (χ3n) is 3.61. The van der Waals surface area contributed by atoms with E-state index in [9.17, 15) is 4.79 Å². The van der Waals surface area contributed by atoms with Crippen LogP contribution in [-0.4, -0.2) is 37.4 Å². The maximum absolute atomic E-state index is 11.5. The molecule has 0 aliphatic rings. The van der Waals surface area contributed by atoms with Crippen molar-refractivity contribution >= 4 is 5.97 Å². The lowest BCUT2D eigenvalue weighted by Crippen LogP contribution is -2.19. The molecule has 0 fully saturated rings. The topological polar surface area (TPSA) is 58.6 Å². The highest BCUT2D eigenvalue weighted by atomic mass is 16.5. The van der Waals surface area contributed by atoms with Crippen LogP contribution in [0.5, 0.6) is 0 Å². The van der Waals surface area contributed by atoms with Gasteiger partial charge >= 0.3 is 5.97 Å². The summed E-state index contributed by atoms with van der Waals surface area (Å²) >= 11 is 0. The Kier molecular flexibility index (Phi) is 18.1. The number of nitrogens with one attached hydrogen (secondary N) is 1. The van der Waals surface area contributed by atoms with Crippen LogP contribution in [0.3, 0.4) is 0 Å². The Morgan fingerprint density at radius 3 is 2.48 bits per heavy atom. The SMILES string of the molecule is CCCCCCC#CCOC(=O)CCCCCCCNCCO. The number of hydrogen-bond donors (Lipinski definition) is 2. The molecule has 134 valence electrons. The van der Waals surface area contributed by atoms with Gasteiger partial charge in [0.1, 0.15) is 0 Å². The first-order valence-corrected chi connectivity index (χ1v) is 9.24. The summed E-state index contributed by atoms with van der Waals surface area (Å²) in [5, 5.41) is 11.8. The van der Waals surface area contributed by atoms with E-state index < -0.39 is 0 Å². The van der Waals surface area contributed by atoms with E-state index in [0.717, 1.165) is 51.5 Å². The Balaban J connectivity index is 3.26. The van der Waals surface area contributed by atoms with Crippen molar-refractivity contribution in [1.82, 2.24) is 5.32 Å². The number of carbonyl (C=O) groups excluding carboxylic acids is 1. The summed E-state index contributed by atoms with van der Waals surface area (Å²) < 4.78 is 5.10. The normalized spacial score (nSPS) is 10.2. The second-order valence-corrected chi connectivity index (χ2v) is 5.82. The molecule has 0 aromatic heterocycles. The quantitative estimate of drug-likeness (QED) is 0.275. The Labute approximate surface area is 142 Å². The molecule has 0 heterocycles. The molecule has 0 unspecified atom stereocenters. The van der Waals surface area contributed by atoms with Gasteiger partial charge in [0.2, 0.25) is 0 Å². The van der Waals surface area contributed by atoms with Gasteiger partial charge in [-0.15, -0.1) is 0 Å². The second-order valence-electron chi connectivity index (χ2n) is 5.82. The number of aliphatic hydroxyl groups is 1. The number of aliphatic hydroxyl groups excluding tert-OH is 1. The standard InChI is InChI=1S/C19H35NO3/c1-2-3-4-5-6-10-13-18-23-19(22)14-11-8-7-9-12-15-20-16-17-21/h20-21H,2-9,11-12,14-18H2,1H3. The minimum absolute atomic E-state index is 0.130. The van der Waals surface area contributed by atoms with E-state index in [2.05, 4.69) is 24.1 Å². The van der Waals surface area contributed by atoms with Crippen molar-refractivity contribution in [3.8, 4) is 11.8 Å². The van der Waals surface area contributed by atoms with E-state index in [1.54, 1.807) is 0 Å². The third-order valence-corrected chi connectivity index (χ3v) is 3.61. The number of esters is 1.